The normalized spacial score (nSPS) is 23.9. The van der Waals surface area contributed by atoms with Crippen LogP contribution in [-0.2, 0) is 4.79 Å². The second-order valence-electron chi connectivity index (χ2n) is 5.73. The number of fused-ring (bicyclic) bond motifs is 1. The van der Waals surface area contributed by atoms with Crippen LogP contribution in [0.1, 0.15) is 31.4 Å². The first kappa shape index (κ1) is 13.4. The molecule has 108 valence electrons. The fraction of sp³-hybridized carbons (Fsp3) is 0.533. The summed E-state index contributed by atoms with van der Waals surface area (Å²) in [5, 5.41) is 0. The number of hydrogen-bond acceptors (Lipinski definition) is 3. The molecular weight excluding hydrogens is 257 g/mol. The second-order valence-corrected chi connectivity index (χ2v) is 5.73. The number of halogens is 1. The van der Waals surface area contributed by atoms with E-state index >= 15 is 0 Å². The predicted octanol–water partition coefficient (Wildman–Crippen LogP) is 1.66. The topological polar surface area (TPSA) is 49.6 Å². The van der Waals surface area contributed by atoms with Crippen molar-refractivity contribution >= 4 is 11.6 Å². The highest BCUT2D eigenvalue weighted by molar-refractivity contribution is 5.79. The summed E-state index contributed by atoms with van der Waals surface area (Å²) in [6.45, 7) is 3.95. The Morgan fingerprint density at radius 3 is 2.90 bits per heavy atom. The van der Waals surface area contributed by atoms with Crippen molar-refractivity contribution in [3.8, 4) is 0 Å². The summed E-state index contributed by atoms with van der Waals surface area (Å²) in [4.78, 5) is 15.6. The van der Waals surface area contributed by atoms with E-state index in [-0.39, 0.29) is 23.8 Å². The molecule has 20 heavy (non-hydrogen) atoms. The van der Waals surface area contributed by atoms with E-state index in [4.69, 9.17) is 5.73 Å². The van der Waals surface area contributed by atoms with Gasteiger partial charge in [0.15, 0.2) is 0 Å². The minimum Gasteiger partial charge on any atom is -0.365 e. The molecule has 2 aliphatic rings. The molecule has 2 aliphatic heterocycles. The van der Waals surface area contributed by atoms with Crippen molar-refractivity contribution in [2.45, 2.75) is 31.8 Å². The van der Waals surface area contributed by atoms with Crippen LogP contribution in [0.15, 0.2) is 18.2 Å². The number of nitrogens with two attached hydrogens (primary N) is 1. The molecule has 1 aromatic carbocycles. The van der Waals surface area contributed by atoms with Gasteiger partial charge in [-0.15, -0.1) is 0 Å². The molecule has 4 nitrogen and oxygen atoms in total. The van der Waals surface area contributed by atoms with Crippen LogP contribution in [0.25, 0.3) is 0 Å². The molecular formula is C15H20FN3O. The summed E-state index contributed by atoms with van der Waals surface area (Å²) in [6, 6.07) is 5.29. The van der Waals surface area contributed by atoms with Crippen molar-refractivity contribution in [1.29, 1.82) is 0 Å². The predicted molar refractivity (Wildman–Crippen MR) is 76.0 cm³/mol. The summed E-state index contributed by atoms with van der Waals surface area (Å²) in [5.74, 6) is 0.0139. The van der Waals surface area contributed by atoms with Gasteiger partial charge in [0.25, 0.3) is 0 Å². The largest absolute Gasteiger partial charge is 0.365 e. The molecule has 2 heterocycles. The summed E-state index contributed by atoms with van der Waals surface area (Å²) >= 11 is 0. The molecule has 1 amide bonds. The SMILES string of the molecule is C[C@@H](N)c1ccc(N2CCN3C(=O)CCC3C2)c(F)c1. The first-order valence-electron chi connectivity index (χ1n) is 7.15. The fourth-order valence-corrected chi connectivity index (χ4v) is 3.15. The van der Waals surface area contributed by atoms with E-state index in [0.29, 0.717) is 25.2 Å². The van der Waals surface area contributed by atoms with Crippen molar-refractivity contribution in [3.63, 3.8) is 0 Å². The smallest absolute Gasteiger partial charge is 0.223 e. The lowest BCUT2D eigenvalue weighted by Crippen LogP contribution is -2.51. The van der Waals surface area contributed by atoms with Gasteiger partial charge in [-0.25, -0.2) is 4.39 Å². The molecule has 0 aromatic heterocycles. The number of benzene rings is 1. The van der Waals surface area contributed by atoms with Crippen molar-refractivity contribution in [1.82, 2.24) is 4.90 Å². The van der Waals surface area contributed by atoms with Gasteiger partial charge in [0.05, 0.1) is 5.69 Å². The van der Waals surface area contributed by atoms with E-state index in [9.17, 15) is 9.18 Å². The third-order valence-electron chi connectivity index (χ3n) is 4.33. The second kappa shape index (κ2) is 5.05. The highest BCUT2D eigenvalue weighted by atomic mass is 19.1. The van der Waals surface area contributed by atoms with Crippen LogP contribution < -0.4 is 10.6 Å². The van der Waals surface area contributed by atoms with Crippen LogP contribution in [-0.4, -0.2) is 36.5 Å². The van der Waals surface area contributed by atoms with Gasteiger partial charge in [0.2, 0.25) is 5.91 Å². The monoisotopic (exact) mass is 277 g/mol. The Labute approximate surface area is 118 Å². The Balaban J connectivity index is 1.79. The van der Waals surface area contributed by atoms with Gasteiger partial charge in [-0.2, -0.15) is 0 Å². The Morgan fingerprint density at radius 1 is 1.40 bits per heavy atom. The Kier molecular flexibility index (Phi) is 3.38. The highest BCUT2D eigenvalue weighted by Crippen LogP contribution is 2.29. The summed E-state index contributed by atoms with van der Waals surface area (Å²) in [6.07, 6.45) is 1.51. The van der Waals surface area contributed by atoms with Gasteiger partial charge in [-0.05, 0) is 31.0 Å². The molecule has 0 aliphatic carbocycles. The first-order chi connectivity index (χ1) is 9.56. The molecule has 0 spiro atoms. The molecule has 0 radical (unpaired) electrons. The molecule has 2 atom stereocenters. The quantitative estimate of drug-likeness (QED) is 0.894. The Hall–Kier alpha value is -1.62. The lowest BCUT2D eigenvalue weighted by molar-refractivity contribution is -0.129. The van der Waals surface area contributed by atoms with Gasteiger partial charge < -0.3 is 15.5 Å². The van der Waals surface area contributed by atoms with Crippen LogP contribution in [0.3, 0.4) is 0 Å². The number of carbonyl (C=O) groups excluding carboxylic acids is 1. The van der Waals surface area contributed by atoms with E-state index in [2.05, 4.69) is 0 Å². The van der Waals surface area contributed by atoms with Crippen molar-refractivity contribution in [2.24, 2.45) is 5.73 Å². The molecule has 2 saturated heterocycles. The molecule has 5 heteroatoms. The Bertz CT molecular complexity index is 532. The number of hydrogen-bond donors (Lipinski definition) is 1. The van der Waals surface area contributed by atoms with Crippen LogP contribution in [0.4, 0.5) is 10.1 Å². The maximum Gasteiger partial charge on any atom is 0.223 e. The molecule has 0 saturated carbocycles. The zero-order valence-electron chi connectivity index (χ0n) is 11.7. The number of anilines is 1. The summed E-state index contributed by atoms with van der Waals surface area (Å²) < 4.78 is 14.2. The number of carbonyl (C=O) groups is 1. The Morgan fingerprint density at radius 2 is 2.20 bits per heavy atom. The molecule has 1 aromatic rings. The third-order valence-corrected chi connectivity index (χ3v) is 4.33. The van der Waals surface area contributed by atoms with Crippen molar-refractivity contribution in [2.75, 3.05) is 24.5 Å². The molecule has 0 bridgehead atoms. The van der Waals surface area contributed by atoms with Crippen LogP contribution in [0.2, 0.25) is 0 Å². The highest BCUT2D eigenvalue weighted by Gasteiger charge is 2.36. The standard InChI is InChI=1S/C15H20FN3O/c1-10(17)11-2-4-14(13(16)8-11)18-6-7-19-12(9-18)3-5-15(19)20/h2,4,8,10,12H,3,5-7,9,17H2,1H3/t10-,12?/m1/s1. The lowest BCUT2D eigenvalue weighted by atomic mass is 10.1. The fourth-order valence-electron chi connectivity index (χ4n) is 3.15. The maximum absolute atomic E-state index is 14.2. The van der Waals surface area contributed by atoms with E-state index in [1.54, 1.807) is 6.07 Å². The minimum atomic E-state index is -0.224. The van der Waals surface area contributed by atoms with Gasteiger partial charge in [0.1, 0.15) is 5.82 Å². The average molecular weight is 277 g/mol. The number of piperazine rings is 1. The average Bonchev–Trinajstić information content (AvgIpc) is 2.79. The van der Waals surface area contributed by atoms with Gasteiger partial charge in [-0.3, -0.25) is 4.79 Å². The lowest BCUT2D eigenvalue weighted by Gasteiger charge is -2.39. The molecule has 3 rings (SSSR count). The molecule has 1 unspecified atom stereocenters. The van der Waals surface area contributed by atoms with Crippen molar-refractivity contribution in [3.05, 3.63) is 29.6 Å². The molecule has 2 fully saturated rings. The zero-order valence-corrected chi connectivity index (χ0v) is 11.7. The van der Waals surface area contributed by atoms with Crippen LogP contribution in [0.5, 0.6) is 0 Å². The van der Waals surface area contributed by atoms with E-state index < -0.39 is 0 Å². The van der Waals surface area contributed by atoms with Crippen LogP contribution in [0, 0.1) is 5.82 Å². The first-order valence-corrected chi connectivity index (χ1v) is 7.15. The third kappa shape index (κ3) is 2.26. The minimum absolute atomic E-state index is 0.164. The van der Waals surface area contributed by atoms with E-state index in [1.165, 1.54) is 6.07 Å². The zero-order chi connectivity index (χ0) is 14.3. The van der Waals surface area contributed by atoms with Gasteiger partial charge in [-0.1, -0.05) is 6.07 Å². The number of amides is 1. The van der Waals surface area contributed by atoms with Gasteiger partial charge in [0, 0.05) is 38.1 Å². The summed E-state index contributed by atoms with van der Waals surface area (Å²) in [5.41, 5.74) is 7.20. The van der Waals surface area contributed by atoms with E-state index in [1.807, 2.05) is 22.8 Å². The van der Waals surface area contributed by atoms with Gasteiger partial charge >= 0.3 is 0 Å². The van der Waals surface area contributed by atoms with Crippen molar-refractivity contribution < 1.29 is 9.18 Å². The number of rotatable bonds is 2. The summed E-state index contributed by atoms with van der Waals surface area (Å²) in [7, 11) is 0. The maximum atomic E-state index is 14.2. The molecule has 2 N–H and O–H groups in total. The van der Waals surface area contributed by atoms with Crippen LogP contribution >= 0.6 is 0 Å². The van der Waals surface area contributed by atoms with E-state index in [0.717, 1.165) is 18.5 Å². The number of nitrogens with zero attached hydrogens (tertiary/aromatic N) is 2.